The molecule has 1 unspecified atom stereocenters. The molecule has 2 fully saturated rings. The Morgan fingerprint density at radius 1 is 1.14 bits per heavy atom. The molecule has 0 radical (unpaired) electrons. The summed E-state index contributed by atoms with van der Waals surface area (Å²) in [6, 6.07) is 11.7. The Labute approximate surface area is 217 Å². The van der Waals surface area contributed by atoms with Gasteiger partial charge in [0, 0.05) is 31.7 Å². The number of amides is 1. The lowest BCUT2D eigenvalue weighted by atomic mass is 9.94. The van der Waals surface area contributed by atoms with Crippen molar-refractivity contribution in [3.05, 3.63) is 77.4 Å². The zero-order chi connectivity index (χ0) is 26.4. The Kier molecular flexibility index (Phi) is 8.63. The van der Waals surface area contributed by atoms with Crippen molar-refractivity contribution >= 4 is 17.4 Å². The molecule has 8 nitrogen and oxygen atoms in total. The minimum atomic E-state index is -0.701. The zero-order valence-electron chi connectivity index (χ0n) is 21.4. The van der Waals surface area contributed by atoms with Crippen LogP contribution in [0.3, 0.4) is 0 Å². The summed E-state index contributed by atoms with van der Waals surface area (Å²) in [5, 5.41) is 11.4. The molecule has 2 aliphatic rings. The number of carbonyl (C=O) groups excluding carboxylic acids is 2. The normalized spacial score (nSPS) is 19.7. The van der Waals surface area contributed by atoms with E-state index in [1.54, 1.807) is 48.4 Å². The van der Waals surface area contributed by atoms with Crippen molar-refractivity contribution in [1.29, 1.82) is 0 Å². The highest BCUT2D eigenvalue weighted by molar-refractivity contribution is 6.46. The van der Waals surface area contributed by atoms with Crippen LogP contribution in [0.4, 0.5) is 0 Å². The molecule has 196 valence electrons. The highest BCUT2D eigenvalue weighted by Crippen LogP contribution is 2.40. The maximum absolute atomic E-state index is 13.3. The van der Waals surface area contributed by atoms with Crippen molar-refractivity contribution in [3.63, 3.8) is 0 Å². The summed E-state index contributed by atoms with van der Waals surface area (Å²) < 4.78 is 16.3. The topological polar surface area (TPSA) is 88.5 Å². The summed E-state index contributed by atoms with van der Waals surface area (Å²) in [6.07, 6.45) is 2.36. The predicted molar refractivity (Wildman–Crippen MR) is 141 cm³/mol. The van der Waals surface area contributed by atoms with E-state index in [1.807, 2.05) is 19.1 Å². The van der Waals surface area contributed by atoms with Crippen molar-refractivity contribution in [2.75, 3.05) is 53.1 Å². The summed E-state index contributed by atoms with van der Waals surface area (Å²) in [6.45, 7) is 10.2. The molecule has 8 heteroatoms. The van der Waals surface area contributed by atoms with E-state index in [2.05, 4.69) is 11.5 Å². The van der Waals surface area contributed by atoms with Crippen molar-refractivity contribution in [1.82, 2.24) is 9.80 Å². The summed E-state index contributed by atoms with van der Waals surface area (Å²) in [5.41, 5.74) is 2.07. The second-order valence-corrected chi connectivity index (χ2v) is 9.15. The smallest absolute Gasteiger partial charge is 0.295 e. The number of methoxy groups -OCH3 is 1. The van der Waals surface area contributed by atoms with E-state index in [1.165, 1.54) is 0 Å². The van der Waals surface area contributed by atoms with Crippen LogP contribution in [-0.2, 0) is 14.3 Å². The zero-order valence-corrected chi connectivity index (χ0v) is 21.4. The lowest BCUT2D eigenvalue weighted by molar-refractivity contribution is -0.140. The molecule has 0 aromatic heterocycles. The van der Waals surface area contributed by atoms with Gasteiger partial charge < -0.3 is 24.2 Å². The molecule has 2 aromatic carbocycles. The van der Waals surface area contributed by atoms with Crippen LogP contribution in [0.1, 0.15) is 29.2 Å². The monoisotopic (exact) mass is 506 g/mol. The summed E-state index contributed by atoms with van der Waals surface area (Å²) in [7, 11) is 1.58. The van der Waals surface area contributed by atoms with Gasteiger partial charge in [0.1, 0.15) is 23.9 Å². The van der Waals surface area contributed by atoms with Crippen LogP contribution in [0.5, 0.6) is 11.5 Å². The van der Waals surface area contributed by atoms with Gasteiger partial charge in [-0.15, -0.1) is 0 Å². The van der Waals surface area contributed by atoms with Crippen LogP contribution in [0, 0.1) is 6.92 Å². The van der Waals surface area contributed by atoms with Crippen LogP contribution >= 0.6 is 0 Å². The van der Waals surface area contributed by atoms with Crippen molar-refractivity contribution in [2.45, 2.75) is 19.4 Å². The van der Waals surface area contributed by atoms with Gasteiger partial charge in [0.05, 0.1) is 31.9 Å². The minimum absolute atomic E-state index is 0.0840. The number of hydrogen-bond donors (Lipinski definition) is 1. The molecule has 0 spiro atoms. The highest BCUT2D eigenvalue weighted by atomic mass is 16.5. The predicted octanol–water partition coefficient (Wildman–Crippen LogP) is 3.71. The lowest BCUT2D eigenvalue weighted by Crippen LogP contribution is -2.38. The molecule has 2 aliphatic heterocycles. The Bertz CT molecular complexity index is 1170. The molecule has 0 saturated carbocycles. The van der Waals surface area contributed by atoms with Gasteiger partial charge >= 0.3 is 0 Å². The number of ether oxygens (including phenoxy) is 3. The van der Waals surface area contributed by atoms with Crippen LogP contribution in [0.25, 0.3) is 5.76 Å². The molecule has 1 atom stereocenters. The Morgan fingerprint density at radius 3 is 2.51 bits per heavy atom. The molecule has 37 heavy (non-hydrogen) atoms. The molecule has 2 heterocycles. The Balaban J connectivity index is 1.67. The molecule has 1 amide bonds. The molecule has 4 rings (SSSR count). The lowest BCUT2D eigenvalue weighted by Gasteiger charge is -2.29. The number of Topliss-reactive ketones (excluding diaryl/α,β-unsaturated/α-hetero) is 1. The van der Waals surface area contributed by atoms with Gasteiger partial charge in [-0.1, -0.05) is 24.8 Å². The Hall–Kier alpha value is -3.62. The second-order valence-electron chi connectivity index (χ2n) is 9.15. The number of hydrogen-bond acceptors (Lipinski definition) is 7. The minimum Gasteiger partial charge on any atom is -0.507 e. The van der Waals surface area contributed by atoms with E-state index in [0.29, 0.717) is 49.8 Å². The average molecular weight is 507 g/mol. The highest BCUT2D eigenvalue weighted by Gasteiger charge is 2.45. The number of ketones is 1. The number of benzene rings is 2. The van der Waals surface area contributed by atoms with Crippen molar-refractivity contribution in [3.8, 4) is 11.5 Å². The fourth-order valence-corrected chi connectivity index (χ4v) is 4.80. The molecular formula is C29H34N2O6. The molecule has 2 aromatic rings. The third kappa shape index (κ3) is 5.87. The van der Waals surface area contributed by atoms with Gasteiger partial charge in [0.15, 0.2) is 0 Å². The third-order valence-electron chi connectivity index (χ3n) is 6.75. The van der Waals surface area contributed by atoms with Crippen molar-refractivity contribution in [2.24, 2.45) is 0 Å². The van der Waals surface area contributed by atoms with Gasteiger partial charge in [-0.05, 0) is 54.8 Å². The number of likely N-dealkylation sites (tertiary alicyclic amines) is 1. The van der Waals surface area contributed by atoms with Gasteiger partial charge in [-0.2, -0.15) is 0 Å². The fraction of sp³-hybridized carbons (Fsp3) is 0.379. The largest absolute Gasteiger partial charge is 0.507 e. The van der Waals surface area contributed by atoms with Gasteiger partial charge in [0.25, 0.3) is 11.7 Å². The van der Waals surface area contributed by atoms with E-state index in [4.69, 9.17) is 14.2 Å². The molecule has 2 saturated heterocycles. The number of nitrogens with zero attached hydrogens (tertiary/aromatic N) is 2. The van der Waals surface area contributed by atoms with Crippen LogP contribution < -0.4 is 9.47 Å². The standard InChI is InChI=1S/C29H34N2O6/c1-4-16-37-24-11-8-22(19-20(24)2)27(32)25-26(21-6-9-23(35-3)10-7-21)31(29(34)28(25)33)13-5-12-30-14-17-36-18-15-30/h4,6-11,19,26,32H,1,5,12-18H2,2-3H3. The summed E-state index contributed by atoms with van der Waals surface area (Å²) in [4.78, 5) is 30.4. The molecular weight excluding hydrogens is 472 g/mol. The first kappa shape index (κ1) is 26.4. The second kappa shape index (κ2) is 12.1. The SMILES string of the molecule is C=CCOc1ccc(C(O)=C2C(=O)C(=O)N(CCCN3CCOCC3)C2c2ccc(OC)cc2)cc1C. The summed E-state index contributed by atoms with van der Waals surface area (Å²) >= 11 is 0. The number of aliphatic hydroxyl groups is 1. The average Bonchev–Trinajstić information content (AvgIpc) is 3.17. The number of carbonyl (C=O) groups is 2. The third-order valence-corrected chi connectivity index (χ3v) is 6.75. The van der Waals surface area contributed by atoms with E-state index >= 15 is 0 Å². The summed E-state index contributed by atoms with van der Waals surface area (Å²) in [5.74, 6) is -0.167. The quantitative estimate of drug-likeness (QED) is 0.227. The first-order valence-electron chi connectivity index (χ1n) is 12.5. The molecule has 0 aliphatic carbocycles. The van der Waals surface area contributed by atoms with E-state index < -0.39 is 17.7 Å². The van der Waals surface area contributed by atoms with Gasteiger partial charge in [0.2, 0.25) is 0 Å². The van der Waals surface area contributed by atoms with Gasteiger partial charge in [-0.25, -0.2) is 0 Å². The molecule has 0 bridgehead atoms. The first-order chi connectivity index (χ1) is 17.9. The maximum atomic E-state index is 13.3. The number of rotatable bonds is 10. The number of aryl methyl sites for hydroxylation is 1. The molecule has 1 N–H and O–H groups in total. The van der Waals surface area contributed by atoms with Crippen LogP contribution in [-0.4, -0.2) is 79.7 Å². The fourth-order valence-electron chi connectivity index (χ4n) is 4.80. The number of morpholine rings is 1. The van der Waals surface area contributed by atoms with Crippen LogP contribution in [0.2, 0.25) is 0 Å². The first-order valence-corrected chi connectivity index (χ1v) is 12.5. The van der Waals surface area contributed by atoms with Gasteiger partial charge in [-0.3, -0.25) is 14.5 Å². The van der Waals surface area contributed by atoms with Crippen molar-refractivity contribution < 1.29 is 28.9 Å². The van der Waals surface area contributed by atoms with E-state index in [0.717, 1.165) is 30.8 Å². The van der Waals surface area contributed by atoms with E-state index in [9.17, 15) is 14.7 Å². The van der Waals surface area contributed by atoms with E-state index in [-0.39, 0.29) is 11.3 Å². The maximum Gasteiger partial charge on any atom is 0.295 e. The van der Waals surface area contributed by atoms with Crippen LogP contribution in [0.15, 0.2) is 60.7 Å². The number of aliphatic hydroxyl groups excluding tert-OH is 1. The Morgan fingerprint density at radius 2 is 1.86 bits per heavy atom.